The molecule has 0 amide bonds. The third-order valence-electron chi connectivity index (χ3n) is 5.99. The molecule has 0 unspecified atom stereocenters. The average Bonchev–Trinajstić information content (AvgIpc) is 3.30. The maximum atomic E-state index is 13.0. The summed E-state index contributed by atoms with van der Waals surface area (Å²) in [6, 6.07) is 18.0. The highest BCUT2D eigenvalue weighted by atomic mass is 32.1. The summed E-state index contributed by atoms with van der Waals surface area (Å²) in [5.74, 6) is 0.104. The number of hydrogen-bond donors (Lipinski definition) is 1. The van der Waals surface area contributed by atoms with Gasteiger partial charge in [-0.3, -0.25) is 0 Å². The lowest BCUT2D eigenvalue weighted by atomic mass is 10.1. The summed E-state index contributed by atoms with van der Waals surface area (Å²) >= 11 is 1.49. The van der Waals surface area contributed by atoms with E-state index in [1.54, 1.807) is 19.2 Å². The molecule has 1 aromatic heterocycles. The second-order valence-corrected chi connectivity index (χ2v) is 10.3. The molecule has 38 heavy (non-hydrogen) atoms. The van der Waals surface area contributed by atoms with Crippen molar-refractivity contribution in [3.63, 3.8) is 0 Å². The first kappa shape index (κ1) is 27.3. The smallest absolute Gasteiger partial charge is 0.416 e. The van der Waals surface area contributed by atoms with E-state index in [1.165, 1.54) is 37.3 Å². The Labute approximate surface area is 222 Å². The number of nitrogens with zero attached hydrogens (tertiary/aromatic N) is 2. The van der Waals surface area contributed by atoms with Gasteiger partial charge in [0.25, 0.3) is 0 Å². The molecule has 0 bridgehead atoms. The van der Waals surface area contributed by atoms with E-state index in [1.807, 2.05) is 35.2 Å². The maximum absolute atomic E-state index is 13.0. The Morgan fingerprint density at radius 1 is 0.974 bits per heavy atom. The van der Waals surface area contributed by atoms with Crippen molar-refractivity contribution >= 4 is 32.7 Å². The lowest BCUT2D eigenvalue weighted by Crippen LogP contribution is -2.37. The Kier molecular flexibility index (Phi) is 7.82. The second-order valence-electron chi connectivity index (χ2n) is 9.26. The summed E-state index contributed by atoms with van der Waals surface area (Å²) in [5, 5.41) is 10.0. The van der Waals surface area contributed by atoms with E-state index in [4.69, 9.17) is 14.5 Å². The fourth-order valence-corrected chi connectivity index (χ4v) is 4.76. The lowest BCUT2D eigenvalue weighted by molar-refractivity contribution is -0.152. The molecule has 0 saturated heterocycles. The zero-order valence-corrected chi connectivity index (χ0v) is 21.9. The van der Waals surface area contributed by atoms with Crippen LogP contribution in [0.3, 0.4) is 0 Å². The number of hydrogen-bond acceptors (Lipinski definition) is 6. The molecule has 0 saturated carbocycles. The summed E-state index contributed by atoms with van der Waals surface area (Å²) in [6.07, 6.45) is -3.76. The van der Waals surface area contributed by atoms with Crippen LogP contribution in [0.5, 0.6) is 11.5 Å². The molecular weight excluding hydrogens is 517 g/mol. The largest absolute Gasteiger partial charge is 0.497 e. The molecule has 6 nitrogen and oxygen atoms in total. The van der Waals surface area contributed by atoms with Crippen LogP contribution < -0.4 is 14.4 Å². The number of carboxylic acids is 1. The first-order chi connectivity index (χ1) is 17.9. The van der Waals surface area contributed by atoms with E-state index in [2.05, 4.69) is 0 Å². The van der Waals surface area contributed by atoms with E-state index < -0.39 is 23.3 Å². The number of halogens is 3. The van der Waals surface area contributed by atoms with Crippen molar-refractivity contribution in [1.82, 2.24) is 4.98 Å². The highest BCUT2D eigenvalue weighted by Gasteiger charge is 2.30. The fourth-order valence-electron chi connectivity index (χ4n) is 3.74. The third kappa shape index (κ3) is 6.55. The summed E-state index contributed by atoms with van der Waals surface area (Å²) in [7, 11) is 1.60. The molecule has 0 atom stereocenters. The number of methoxy groups -OCH3 is 1. The number of carbonyl (C=O) groups is 1. The Balaban J connectivity index is 1.54. The zero-order chi connectivity index (χ0) is 27.5. The third-order valence-corrected chi connectivity index (χ3v) is 7.07. The minimum Gasteiger partial charge on any atom is -0.497 e. The van der Waals surface area contributed by atoms with Crippen molar-refractivity contribution < 1.29 is 32.5 Å². The van der Waals surface area contributed by atoms with Gasteiger partial charge in [0, 0.05) is 13.1 Å². The molecule has 4 aromatic rings. The normalized spacial score (nSPS) is 11.9. The minimum absolute atomic E-state index is 0.378. The molecule has 10 heteroatoms. The molecule has 200 valence electrons. The van der Waals surface area contributed by atoms with E-state index in [0.717, 1.165) is 44.4 Å². The predicted octanol–water partition coefficient (Wildman–Crippen LogP) is 6.82. The quantitative estimate of drug-likeness (QED) is 0.236. The summed E-state index contributed by atoms with van der Waals surface area (Å²) in [4.78, 5) is 18.1. The number of ether oxygens (including phenoxy) is 2. The van der Waals surface area contributed by atoms with E-state index in [0.29, 0.717) is 25.3 Å². The van der Waals surface area contributed by atoms with Gasteiger partial charge in [0.05, 0.1) is 22.9 Å². The van der Waals surface area contributed by atoms with Crippen LogP contribution in [-0.4, -0.2) is 35.3 Å². The Morgan fingerprint density at radius 2 is 1.61 bits per heavy atom. The molecule has 0 aliphatic carbocycles. The Bertz CT molecular complexity index is 1400. The minimum atomic E-state index is -4.39. The number of benzene rings is 3. The average molecular weight is 545 g/mol. The van der Waals surface area contributed by atoms with Crippen LogP contribution in [0, 0.1) is 0 Å². The molecule has 3 aromatic carbocycles. The van der Waals surface area contributed by atoms with Gasteiger partial charge in [-0.25, -0.2) is 9.78 Å². The monoisotopic (exact) mass is 544 g/mol. The number of rotatable bonds is 10. The molecule has 0 aliphatic rings. The first-order valence-corrected chi connectivity index (χ1v) is 12.6. The molecule has 1 N–H and O–H groups in total. The van der Waals surface area contributed by atoms with E-state index in [9.17, 15) is 23.1 Å². The fraction of sp³-hybridized carbons (Fsp3) is 0.286. The van der Waals surface area contributed by atoms with Gasteiger partial charge in [-0.05, 0) is 73.9 Å². The van der Waals surface area contributed by atoms with Crippen molar-refractivity contribution in [3.05, 3.63) is 83.4 Å². The van der Waals surface area contributed by atoms with Crippen LogP contribution in [0.15, 0.2) is 66.7 Å². The maximum Gasteiger partial charge on any atom is 0.416 e. The van der Waals surface area contributed by atoms with Crippen molar-refractivity contribution in [2.24, 2.45) is 0 Å². The molecular formula is C28H27F3N2O4S. The van der Waals surface area contributed by atoms with Gasteiger partial charge in [-0.1, -0.05) is 35.6 Å². The standard InChI is InChI=1S/C28H27F3N2O4S/c1-27(2,25(34)35)37-21-10-6-18(7-11-21)14-15-33(17-19-4-8-20(9-5-19)28(29,30)31)26-32-23-13-12-22(36-3)16-24(23)38-26/h4-13,16H,14-15,17H2,1-3H3,(H,34,35). The number of alkyl halides is 3. The van der Waals surface area contributed by atoms with Gasteiger partial charge < -0.3 is 19.5 Å². The topological polar surface area (TPSA) is 71.9 Å². The zero-order valence-electron chi connectivity index (χ0n) is 21.1. The number of aliphatic carboxylic acids is 1. The molecule has 0 radical (unpaired) electrons. The number of aromatic nitrogens is 1. The second kappa shape index (κ2) is 10.9. The lowest BCUT2D eigenvalue weighted by Gasteiger charge is -2.23. The van der Waals surface area contributed by atoms with Crippen molar-refractivity contribution in [3.8, 4) is 11.5 Å². The van der Waals surface area contributed by atoms with Crippen LogP contribution in [0.4, 0.5) is 18.3 Å². The molecule has 0 fully saturated rings. The van der Waals surface area contributed by atoms with Crippen LogP contribution in [0.2, 0.25) is 0 Å². The van der Waals surface area contributed by atoms with Crippen molar-refractivity contribution in [2.75, 3.05) is 18.6 Å². The molecule has 0 aliphatic heterocycles. The summed E-state index contributed by atoms with van der Waals surface area (Å²) in [5.41, 5.74) is 0.495. The van der Waals surface area contributed by atoms with Crippen LogP contribution in [0.1, 0.15) is 30.5 Å². The van der Waals surface area contributed by atoms with Gasteiger partial charge in [0.1, 0.15) is 11.5 Å². The van der Waals surface area contributed by atoms with Crippen LogP contribution in [-0.2, 0) is 23.9 Å². The number of anilines is 1. The molecule has 0 spiro atoms. The van der Waals surface area contributed by atoms with Crippen molar-refractivity contribution in [1.29, 1.82) is 0 Å². The van der Waals surface area contributed by atoms with Gasteiger partial charge >= 0.3 is 12.1 Å². The van der Waals surface area contributed by atoms with Gasteiger partial charge in [-0.15, -0.1) is 0 Å². The highest BCUT2D eigenvalue weighted by Crippen LogP contribution is 2.33. The van der Waals surface area contributed by atoms with Crippen LogP contribution >= 0.6 is 11.3 Å². The summed E-state index contributed by atoms with van der Waals surface area (Å²) in [6.45, 7) is 3.90. The predicted molar refractivity (Wildman–Crippen MR) is 141 cm³/mol. The molecule has 1 heterocycles. The first-order valence-electron chi connectivity index (χ1n) is 11.8. The van der Waals surface area contributed by atoms with Crippen molar-refractivity contribution in [2.45, 2.75) is 38.6 Å². The number of carboxylic acid groups (broad SMARTS) is 1. The van der Waals surface area contributed by atoms with Crippen LogP contribution in [0.25, 0.3) is 10.2 Å². The van der Waals surface area contributed by atoms with E-state index in [-0.39, 0.29) is 0 Å². The van der Waals surface area contributed by atoms with Gasteiger partial charge in [-0.2, -0.15) is 13.2 Å². The SMILES string of the molecule is COc1ccc2nc(N(CCc3ccc(OC(C)(C)C(=O)O)cc3)Cc3ccc(C(F)(F)F)cc3)sc2c1. The van der Waals surface area contributed by atoms with E-state index >= 15 is 0 Å². The Hall–Kier alpha value is -3.79. The number of fused-ring (bicyclic) bond motifs is 1. The summed E-state index contributed by atoms with van der Waals surface area (Å²) < 4.78 is 50.9. The van der Waals surface area contributed by atoms with Gasteiger partial charge in [0.15, 0.2) is 10.7 Å². The number of thiazole rings is 1. The van der Waals surface area contributed by atoms with Gasteiger partial charge in [0.2, 0.25) is 0 Å². The highest BCUT2D eigenvalue weighted by molar-refractivity contribution is 7.22. The Morgan fingerprint density at radius 3 is 2.21 bits per heavy atom. The molecule has 4 rings (SSSR count).